The summed E-state index contributed by atoms with van der Waals surface area (Å²) < 4.78 is 13.5. The molecule has 2 aliphatic rings. The Morgan fingerprint density at radius 1 is 0.322 bits per heavy atom. The lowest BCUT2D eigenvalue weighted by Gasteiger charge is -2.40. The second-order valence-corrected chi connectivity index (χ2v) is 15.2. The number of rotatable bonds is 6. The molecule has 0 bridgehead atoms. The van der Waals surface area contributed by atoms with Crippen LogP contribution in [0.2, 0.25) is 0 Å². The Labute approximate surface area is 342 Å². The highest BCUT2D eigenvalue weighted by molar-refractivity contribution is 6.10. The number of hydrogen-bond acceptors (Lipinski definition) is 4. The summed E-state index contributed by atoms with van der Waals surface area (Å²) in [6.45, 7) is 0. The van der Waals surface area contributed by atoms with E-state index in [4.69, 9.17) is 9.15 Å². The Kier molecular flexibility index (Phi) is 7.41. The molecule has 0 saturated heterocycles. The molecule has 0 fully saturated rings. The Morgan fingerprint density at radius 2 is 0.814 bits per heavy atom. The van der Waals surface area contributed by atoms with Crippen molar-refractivity contribution >= 4 is 56.1 Å². The van der Waals surface area contributed by atoms with Crippen molar-refractivity contribution in [3.63, 3.8) is 0 Å². The van der Waals surface area contributed by atoms with E-state index in [-0.39, 0.29) is 0 Å². The van der Waals surface area contributed by atoms with Crippen LogP contribution < -0.4 is 14.5 Å². The maximum Gasteiger partial charge on any atom is 0.137 e. The summed E-state index contributed by atoms with van der Waals surface area (Å²) in [6.07, 6.45) is 0. The van der Waals surface area contributed by atoms with Crippen LogP contribution in [0, 0.1) is 0 Å². The van der Waals surface area contributed by atoms with Gasteiger partial charge < -0.3 is 19.0 Å². The van der Waals surface area contributed by atoms with Crippen LogP contribution in [0.5, 0.6) is 11.5 Å². The van der Waals surface area contributed by atoms with Gasteiger partial charge in [-0.05, 0) is 95.1 Å². The molecule has 0 unspecified atom stereocenters. The second-order valence-electron chi connectivity index (χ2n) is 15.2. The third kappa shape index (κ3) is 4.96. The van der Waals surface area contributed by atoms with E-state index in [1.807, 2.05) is 12.1 Å². The van der Waals surface area contributed by atoms with E-state index >= 15 is 0 Å². The molecule has 0 amide bonds. The minimum absolute atomic E-state index is 0.610. The first-order chi connectivity index (χ1) is 29.3. The minimum atomic E-state index is -0.610. The normalized spacial score (nSPS) is 13.0. The number of hydrogen-bond donors (Lipinski definition) is 0. The summed E-state index contributed by atoms with van der Waals surface area (Å²) in [5.41, 5.74) is 14.4. The van der Waals surface area contributed by atoms with Crippen molar-refractivity contribution in [2.24, 2.45) is 0 Å². The average molecular weight is 757 g/mol. The van der Waals surface area contributed by atoms with E-state index in [1.54, 1.807) is 0 Å². The van der Waals surface area contributed by atoms with Crippen molar-refractivity contribution in [1.82, 2.24) is 0 Å². The third-order valence-corrected chi connectivity index (χ3v) is 12.1. The minimum Gasteiger partial charge on any atom is -0.457 e. The van der Waals surface area contributed by atoms with Crippen molar-refractivity contribution in [1.29, 1.82) is 0 Å². The van der Waals surface area contributed by atoms with Crippen molar-refractivity contribution in [3.8, 4) is 22.6 Å². The van der Waals surface area contributed by atoms with Gasteiger partial charge in [-0.1, -0.05) is 140 Å². The van der Waals surface area contributed by atoms with Gasteiger partial charge in [-0.15, -0.1) is 0 Å². The fraction of sp³-hybridized carbons (Fsp3) is 0.0182. The predicted molar refractivity (Wildman–Crippen MR) is 240 cm³/mol. The third-order valence-electron chi connectivity index (χ3n) is 12.1. The van der Waals surface area contributed by atoms with E-state index in [2.05, 4.69) is 216 Å². The summed E-state index contributed by atoms with van der Waals surface area (Å²) in [5, 5.41) is 2.13. The lowest BCUT2D eigenvalue weighted by molar-refractivity contribution is 0.436. The molecular weight excluding hydrogens is 721 g/mol. The molecule has 0 atom stereocenters. The van der Waals surface area contributed by atoms with Crippen LogP contribution in [0.25, 0.3) is 33.1 Å². The SMILES string of the molecule is c1ccc(N(c2ccc3c(c2)C2(c4ccccc4O3)c3ccccc3-c3ccccc32)c2cc3oc4ccccc4c3cc2N(c2ccccc2)c2ccccc2)cc1. The van der Waals surface area contributed by atoms with Crippen LogP contribution in [0.15, 0.2) is 223 Å². The van der Waals surface area contributed by atoms with E-state index in [1.165, 1.54) is 22.3 Å². The molecule has 10 aromatic rings. The predicted octanol–water partition coefficient (Wildman–Crippen LogP) is 15.0. The van der Waals surface area contributed by atoms with Crippen LogP contribution in [-0.2, 0) is 5.41 Å². The molecule has 4 nitrogen and oxygen atoms in total. The van der Waals surface area contributed by atoms with Gasteiger partial charge in [0.15, 0.2) is 0 Å². The smallest absolute Gasteiger partial charge is 0.137 e. The molecule has 1 aromatic heterocycles. The molecule has 1 aliphatic heterocycles. The summed E-state index contributed by atoms with van der Waals surface area (Å²) in [7, 11) is 0. The van der Waals surface area contributed by atoms with Gasteiger partial charge in [-0.25, -0.2) is 0 Å². The number of para-hydroxylation sites is 5. The highest BCUT2D eigenvalue weighted by Gasteiger charge is 2.51. The molecule has 278 valence electrons. The van der Waals surface area contributed by atoms with Gasteiger partial charge >= 0.3 is 0 Å². The van der Waals surface area contributed by atoms with E-state index in [9.17, 15) is 0 Å². The quantitative estimate of drug-likeness (QED) is 0.169. The van der Waals surface area contributed by atoms with Crippen molar-refractivity contribution < 1.29 is 9.15 Å². The summed E-state index contributed by atoms with van der Waals surface area (Å²) in [4.78, 5) is 4.73. The number of benzene rings is 9. The second kappa shape index (κ2) is 13.1. The Hall–Kier alpha value is -7.82. The lowest BCUT2D eigenvalue weighted by atomic mass is 9.66. The Morgan fingerprint density at radius 3 is 1.46 bits per heavy atom. The van der Waals surface area contributed by atoms with E-state index in [0.717, 1.165) is 78.7 Å². The molecular formula is C55H36N2O2. The molecule has 0 saturated carbocycles. The van der Waals surface area contributed by atoms with Crippen molar-refractivity contribution in [3.05, 3.63) is 241 Å². The molecule has 12 rings (SSSR count). The number of anilines is 6. The molecule has 4 heteroatoms. The first-order valence-electron chi connectivity index (χ1n) is 20.1. The van der Waals surface area contributed by atoms with Crippen LogP contribution in [0.3, 0.4) is 0 Å². The van der Waals surface area contributed by atoms with Crippen LogP contribution >= 0.6 is 0 Å². The molecule has 1 spiro atoms. The van der Waals surface area contributed by atoms with Crippen molar-refractivity contribution in [2.45, 2.75) is 5.41 Å². The topological polar surface area (TPSA) is 28.9 Å². The molecule has 9 aromatic carbocycles. The average Bonchev–Trinajstić information content (AvgIpc) is 3.81. The van der Waals surface area contributed by atoms with E-state index < -0.39 is 5.41 Å². The lowest BCUT2D eigenvalue weighted by Crippen LogP contribution is -2.32. The maximum absolute atomic E-state index is 6.87. The van der Waals surface area contributed by atoms with Gasteiger partial charge in [0.2, 0.25) is 0 Å². The van der Waals surface area contributed by atoms with Crippen LogP contribution in [0.4, 0.5) is 34.1 Å². The fourth-order valence-electron chi connectivity index (χ4n) is 9.68. The Bertz CT molecular complexity index is 3120. The summed E-state index contributed by atoms with van der Waals surface area (Å²) in [6, 6.07) is 77.7. The highest BCUT2D eigenvalue weighted by Crippen LogP contribution is 2.63. The largest absolute Gasteiger partial charge is 0.457 e. The fourth-order valence-corrected chi connectivity index (χ4v) is 9.68. The molecule has 0 radical (unpaired) electrons. The Balaban J connectivity index is 1.17. The monoisotopic (exact) mass is 756 g/mol. The first kappa shape index (κ1) is 33.3. The van der Waals surface area contributed by atoms with Gasteiger partial charge in [-0.3, -0.25) is 0 Å². The molecule has 0 N–H and O–H groups in total. The molecule has 2 heterocycles. The molecule has 59 heavy (non-hydrogen) atoms. The van der Waals surface area contributed by atoms with Crippen LogP contribution in [-0.4, -0.2) is 0 Å². The summed E-state index contributed by atoms with van der Waals surface area (Å²) >= 11 is 0. The van der Waals surface area contributed by atoms with Gasteiger partial charge in [-0.2, -0.15) is 0 Å². The van der Waals surface area contributed by atoms with Gasteiger partial charge in [0.1, 0.15) is 22.7 Å². The molecule has 1 aliphatic carbocycles. The number of nitrogens with zero attached hydrogens (tertiary/aromatic N) is 2. The summed E-state index contributed by atoms with van der Waals surface area (Å²) in [5.74, 6) is 1.72. The van der Waals surface area contributed by atoms with Crippen LogP contribution in [0.1, 0.15) is 22.3 Å². The zero-order chi connectivity index (χ0) is 38.9. The zero-order valence-corrected chi connectivity index (χ0v) is 32.0. The number of fused-ring (bicyclic) bond motifs is 12. The zero-order valence-electron chi connectivity index (χ0n) is 32.0. The first-order valence-corrected chi connectivity index (χ1v) is 20.1. The van der Waals surface area contributed by atoms with Gasteiger partial charge in [0, 0.05) is 50.7 Å². The highest BCUT2D eigenvalue weighted by atomic mass is 16.5. The standard InChI is InChI=1S/C55H36N2O2/c1-4-18-37(19-5-1)56(38-20-6-2-7-21-38)49-35-44-43-26-12-16-30-51(43)58-54(44)36-50(49)57(39-22-8-3-9-23-39)40-32-33-53-48(34-40)55(47-29-15-17-31-52(47)59-53)45-27-13-10-24-41(45)42-25-11-14-28-46(42)55/h1-36H. The van der Waals surface area contributed by atoms with Gasteiger partial charge in [0.25, 0.3) is 0 Å². The van der Waals surface area contributed by atoms with Gasteiger partial charge in [0.05, 0.1) is 16.8 Å². The number of ether oxygens (including phenoxy) is 1. The number of furan rings is 1. The maximum atomic E-state index is 6.87. The van der Waals surface area contributed by atoms with Crippen molar-refractivity contribution in [2.75, 3.05) is 9.80 Å². The van der Waals surface area contributed by atoms with E-state index in [0.29, 0.717) is 0 Å².